The zero-order chi connectivity index (χ0) is 13.0. The first-order chi connectivity index (χ1) is 8.65. The lowest BCUT2D eigenvalue weighted by molar-refractivity contribution is -0.139. The van der Waals surface area contributed by atoms with Gasteiger partial charge in [-0.1, -0.05) is 28.1 Å². The Morgan fingerprint density at radius 2 is 2.06 bits per heavy atom. The average molecular weight is 309 g/mol. The number of hydrogen-bond donors (Lipinski definition) is 1. The molecule has 0 aliphatic carbocycles. The summed E-state index contributed by atoms with van der Waals surface area (Å²) in [4.78, 5) is 18.6. The average Bonchev–Trinajstić information content (AvgIpc) is 2.37. The minimum atomic E-state index is -1.04. The van der Waals surface area contributed by atoms with Crippen molar-refractivity contribution in [2.45, 2.75) is 0 Å². The molecule has 1 N–H and O–H groups in total. The Balaban J connectivity index is 2.14. The van der Waals surface area contributed by atoms with Crippen molar-refractivity contribution in [1.82, 2.24) is 9.97 Å². The van der Waals surface area contributed by atoms with E-state index in [0.717, 1.165) is 10.0 Å². The number of aromatic nitrogens is 2. The molecule has 0 fully saturated rings. The van der Waals surface area contributed by atoms with Crippen LogP contribution >= 0.6 is 15.9 Å². The van der Waals surface area contributed by atoms with Gasteiger partial charge in [0.2, 0.25) is 0 Å². The Kier molecular flexibility index (Phi) is 3.88. The van der Waals surface area contributed by atoms with Gasteiger partial charge in [0, 0.05) is 10.0 Å². The van der Waals surface area contributed by atoms with Crippen LogP contribution in [0.5, 0.6) is 5.75 Å². The van der Waals surface area contributed by atoms with E-state index in [1.165, 1.54) is 12.4 Å². The lowest BCUT2D eigenvalue weighted by Gasteiger charge is -2.04. The number of carbonyl (C=O) groups is 1. The molecular weight excluding hydrogens is 300 g/mol. The van der Waals surface area contributed by atoms with E-state index in [2.05, 4.69) is 25.9 Å². The van der Waals surface area contributed by atoms with Crippen LogP contribution in [0.25, 0.3) is 11.4 Å². The maximum Gasteiger partial charge on any atom is 0.341 e. The second kappa shape index (κ2) is 5.59. The van der Waals surface area contributed by atoms with Gasteiger partial charge in [-0.15, -0.1) is 0 Å². The van der Waals surface area contributed by atoms with Crippen molar-refractivity contribution < 1.29 is 14.6 Å². The molecule has 0 unspecified atom stereocenters. The lowest BCUT2D eigenvalue weighted by Crippen LogP contribution is -2.09. The van der Waals surface area contributed by atoms with E-state index in [-0.39, 0.29) is 0 Å². The van der Waals surface area contributed by atoms with E-state index in [4.69, 9.17) is 9.84 Å². The van der Waals surface area contributed by atoms with Crippen LogP contribution in [0.1, 0.15) is 0 Å². The Morgan fingerprint density at radius 1 is 1.33 bits per heavy atom. The molecule has 6 heteroatoms. The van der Waals surface area contributed by atoms with Gasteiger partial charge in [-0.05, 0) is 12.1 Å². The molecule has 0 aliphatic heterocycles. The summed E-state index contributed by atoms with van der Waals surface area (Å²) in [7, 11) is 0. The maximum absolute atomic E-state index is 10.3. The Hall–Kier alpha value is -1.95. The van der Waals surface area contributed by atoms with Gasteiger partial charge in [0.05, 0.1) is 12.4 Å². The second-order valence-corrected chi connectivity index (χ2v) is 4.35. The smallest absolute Gasteiger partial charge is 0.341 e. The molecule has 0 atom stereocenters. The number of carboxylic acids is 1. The summed E-state index contributed by atoms with van der Waals surface area (Å²) >= 11 is 3.37. The first-order valence-corrected chi connectivity index (χ1v) is 5.87. The quantitative estimate of drug-likeness (QED) is 0.938. The van der Waals surface area contributed by atoms with Crippen molar-refractivity contribution in [2.24, 2.45) is 0 Å². The van der Waals surface area contributed by atoms with E-state index in [9.17, 15) is 4.79 Å². The molecule has 0 aliphatic rings. The highest BCUT2D eigenvalue weighted by molar-refractivity contribution is 9.10. The number of ether oxygens (including phenoxy) is 1. The highest BCUT2D eigenvalue weighted by Crippen LogP contribution is 2.20. The van der Waals surface area contributed by atoms with Crippen molar-refractivity contribution in [2.75, 3.05) is 6.61 Å². The normalized spacial score (nSPS) is 10.1. The molecule has 0 spiro atoms. The SMILES string of the molecule is O=C(O)COc1cnc(-c2cccc(Br)c2)nc1. The van der Waals surface area contributed by atoms with Crippen LogP contribution in [0.3, 0.4) is 0 Å². The summed E-state index contributed by atoms with van der Waals surface area (Å²) in [6.45, 7) is -0.403. The van der Waals surface area contributed by atoms with Crippen LogP contribution in [0.15, 0.2) is 41.1 Å². The van der Waals surface area contributed by atoms with Crippen molar-refractivity contribution in [3.05, 3.63) is 41.1 Å². The zero-order valence-electron chi connectivity index (χ0n) is 9.21. The molecule has 1 heterocycles. The molecule has 5 nitrogen and oxygen atoms in total. The number of hydrogen-bond acceptors (Lipinski definition) is 4. The van der Waals surface area contributed by atoms with Gasteiger partial charge in [0.15, 0.2) is 18.2 Å². The van der Waals surface area contributed by atoms with Gasteiger partial charge < -0.3 is 9.84 Å². The highest BCUT2D eigenvalue weighted by Gasteiger charge is 2.04. The van der Waals surface area contributed by atoms with Crippen LogP contribution in [0.2, 0.25) is 0 Å². The number of nitrogens with zero attached hydrogens (tertiary/aromatic N) is 2. The lowest BCUT2D eigenvalue weighted by atomic mass is 10.2. The highest BCUT2D eigenvalue weighted by atomic mass is 79.9. The van der Waals surface area contributed by atoms with E-state index in [1.54, 1.807) is 0 Å². The monoisotopic (exact) mass is 308 g/mol. The summed E-state index contributed by atoms with van der Waals surface area (Å²) in [6.07, 6.45) is 2.90. The summed E-state index contributed by atoms with van der Waals surface area (Å²) in [5.74, 6) is -0.152. The maximum atomic E-state index is 10.3. The van der Waals surface area contributed by atoms with Gasteiger partial charge in [-0.25, -0.2) is 14.8 Å². The van der Waals surface area contributed by atoms with Gasteiger partial charge >= 0.3 is 5.97 Å². The predicted octanol–water partition coefficient (Wildman–Crippen LogP) is 2.37. The molecular formula is C12H9BrN2O3. The van der Waals surface area contributed by atoms with Crippen molar-refractivity contribution in [3.8, 4) is 17.1 Å². The van der Waals surface area contributed by atoms with E-state index >= 15 is 0 Å². The van der Waals surface area contributed by atoms with Crippen LogP contribution in [-0.4, -0.2) is 27.7 Å². The minimum absolute atomic E-state index is 0.330. The zero-order valence-corrected chi connectivity index (χ0v) is 10.8. The summed E-state index contributed by atoms with van der Waals surface area (Å²) < 4.78 is 5.89. The largest absolute Gasteiger partial charge is 0.479 e. The molecule has 0 saturated carbocycles. The molecule has 92 valence electrons. The molecule has 2 rings (SSSR count). The summed E-state index contributed by atoms with van der Waals surface area (Å²) in [5, 5.41) is 8.47. The molecule has 0 radical (unpaired) electrons. The van der Waals surface area contributed by atoms with Gasteiger partial charge in [0.1, 0.15) is 0 Å². The summed E-state index contributed by atoms with van der Waals surface area (Å²) in [5.41, 5.74) is 0.870. The van der Waals surface area contributed by atoms with Crippen LogP contribution < -0.4 is 4.74 Å². The fourth-order valence-corrected chi connectivity index (χ4v) is 1.71. The minimum Gasteiger partial charge on any atom is -0.479 e. The first kappa shape index (κ1) is 12.5. The third kappa shape index (κ3) is 3.27. The molecule has 0 saturated heterocycles. The third-order valence-corrected chi connectivity index (χ3v) is 2.57. The van der Waals surface area contributed by atoms with Crippen LogP contribution in [-0.2, 0) is 4.79 Å². The molecule has 0 amide bonds. The van der Waals surface area contributed by atoms with Crippen molar-refractivity contribution in [1.29, 1.82) is 0 Å². The molecule has 2 aromatic rings. The van der Waals surface area contributed by atoms with E-state index < -0.39 is 12.6 Å². The van der Waals surface area contributed by atoms with Crippen molar-refractivity contribution in [3.63, 3.8) is 0 Å². The molecule has 0 bridgehead atoms. The molecule has 1 aromatic heterocycles. The standard InChI is InChI=1S/C12H9BrN2O3/c13-9-3-1-2-8(4-9)12-14-5-10(6-15-12)18-7-11(16)17/h1-6H,7H2,(H,16,17). The van der Waals surface area contributed by atoms with Crippen molar-refractivity contribution >= 4 is 21.9 Å². The number of halogens is 1. The van der Waals surface area contributed by atoms with Gasteiger partial charge in [-0.2, -0.15) is 0 Å². The van der Waals surface area contributed by atoms with Gasteiger partial charge in [-0.3, -0.25) is 0 Å². The van der Waals surface area contributed by atoms with Gasteiger partial charge in [0.25, 0.3) is 0 Å². The topological polar surface area (TPSA) is 72.3 Å². The van der Waals surface area contributed by atoms with E-state index in [1.807, 2.05) is 24.3 Å². The van der Waals surface area contributed by atoms with Crippen LogP contribution in [0, 0.1) is 0 Å². The summed E-state index contributed by atoms with van der Waals surface area (Å²) in [6, 6.07) is 7.58. The van der Waals surface area contributed by atoms with E-state index in [0.29, 0.717) is 11.6 Å². The van der Waals surface area contributed by atoms with Crippen LogP contribution in [0.4, 0.5) is 0 Å². The molecule has 1 aromatic carbocycles. The Bertz CT molecular complexity index is 558. The first-order valence-electron chi connectivity index (χ1n) is 5.08. The third-order valence-electron chi connectivity index (χ3n) is 2.07. The fourth-order valence-electron chi connectivity index (χ4n) is 1.31. The fraction of sp³-hybridized carbons (Fsp3) is 0.0833. The number of aliphatic carboxylic acids is 1. The predicted molar refractivity (Wildman–Crippen MR) is 68.3 cm³/mol. The molecule has 18 heavy (non-hydrogen) atoms. The second-order valence-electron chi connectivity index (χ2n) is 3.44. The number of carboxylic acid groups (broad SMARTS) is 1. The number of rotatable bonds is 4. The Labute approximate surface area is 112 Å². The Morgan fingerprint density at radius 3 is 2.67 bits per heavy atom. The number of benzene rings is 1.